The van der Waals surface area contributed by atoms with Crippen molar-refractivity contribution in [1.82, 2.24) is 16.0 Å². The molecule has 0 radical (unpaired) electrons. The van der Waals surface area contributed by atoms with E-state index in [1.54, 1.807) is 0 Å². The van der Waals surface area contributed by atoms with Gasteiger partial charge in [-0.1, -0.05) is 0 Å². The highest BCUT2D eigenvalue weighted by Gasteiger charge is 2.32. The second-order valence-corrected chi connectivity index (χ2v) is 6.79. The molecule has 0 unspecified atom stereocenters. The third-order valence-electron chi connectivity index (χ3n) is 4.25. The van der Waals surface area contributed by atoms with Crippen LogP contribution in [0.3, 0.4) is 0 Å². The number of carbonyl (C=O) groups is 2. The van der Waals surface area contributed by atoms with Gasteiger partial charge in [0.25, 0.3) is 0 Å². The topological polar surface area (TPSA) is 99.7 Å². The van der Waals surface area contributed by atoms with E-state index in [2.05, 4.69) is 16.0 Å². The molecule has 2 fully saturated rings. The largest absolute Gasteiger partial charge is 0.394 e. The van der Waals surface area contributed by atoms with Crippen LogP contribution >= 0.6 is 0 Å². The first kappa shape index (κ1) is 18.0. The maximum absolute atomic E-state index is 11.8. The van der Waals surface area contributed by atoms with E-state index in [1.165, 1.54) is 0 Å². The number of hydrogen-bond acceptors (Lipinski definition) is 4. The fourth-order valence-corrected chi connectivity index (χ4v) is 2.83. The number of aliphatic hydroxyl groups excluding tert-OH is 1. The van der Waals surface area contributed by atoms with Crippen molar-refractivity contribution in [3.8, 4) is 0 Å². The molecule has 0 spiro atoms. The summed E-state index contributed by atoms with van der Waals surface area (Å²) in [7, 11) is 0. The van der Waals surface area contributed by atoms with Crippen LogP contribution in [0.2, 0.25) is 0 Å². The lowest BCUT2D eigenvalue weighted by atomic mass is 9.97. The van der Waals surface area contributed by atoms with Crippen molar-refractivity contribution >= 4 is 11.9 Å². The van der Waals surface area contributed by atoms with Gasteiger partial charge in [0.1, 0.15) is 6.10 Å². The molecule has 7 nitrogen and oxygen atoms in total. The number of aliphatic hydroxyl groups is 1. The summed E-state index contributed by atoms with van der Waals surface area (Å²) in [6, 6.07) is -0.354. The fourth-order valence-electron chi connectivity index (χ4n) is 2.83. The van der Waals surface area contributed by atoms with E-state index in [0.29, 0.717) is 6.54 Å². The minimum atomic E-state index is -0.397. The molecule has 3 atom stereocenters. The van der Waals surface area contributed by atoms with Gasteiger partial charge >= 0.3 is 6.03 Å². The highest BCUT2D eigenvalue weighted by atomic mass is 16.5. The minimum absolute atomic E-state index is 0.0119. The molecular weight excluding hydrogens is 298 g/mol. The molecule has 132 valence electrons. The number of carbonyl (C=O) groups excluding carboxylic acids is 2. The zero-order valence-electron chi connectivity index (χ0n) is 14.0. The number of nitrogens with one attached hydrogen (secondary N) is 3. The minimum Gasteiger partial charge on any atom is -0.394 e. The van der Waals surface area contributed by atoms with Gasteiger partial charge in [-0.15, -0.1) is 0 Å². The van der Waals surface area contributed by atoms with Gasteiger partial charge in [0.2, 0.25) is 5.91 Å². The van der Waals surface area contributed by atoms with Crippen molar-refractivity contribution < 1.29 is 19.4 Å². The molecule has 3 amide bonds. The Kier molecular flexibility index (Phi) is 6.65. The molecule has 23 heavy (non-hydrogen) atoms. The zero-order chi connectivity index (χ0) is 16.8. The fraction of sp³-hybridized carbons (Fsp3) is 0.875. The lowest BCUT2D eigenvalue weighted by Crippen LogP contribution is -2.54. The first-order valence-corrected chi connectivity index (χ1v) is 8.60. The van der Waals surface area contributed by atoms with Crippen molar-refractivity contribution in [3.63, 3.8) is 0 Å². The smallest absolute Gasteiger partial charge is 0.315 e. The second kappa shape index (κ2) is 8.49. The Morgan fingerprint density at radius 3 is 2.57 bits per heavy atom. The zero-order valence-corrected chi connectivity index (χ0v) is 14.0. The molecule has 1 saturated carbocycles. The number of rotatable bonds is 7. The highest BCUT2D eigenvalue weighted by Crippen LogP contribution is 2.28. The van der Waals surface area contributed by atoms with Gasteiger partial charge in [0.05, 0.1) is 18.8 Å². The van der Waals surface area contributed by atoms with E-state index in [4.69, 9.17) is 4.74 Å². The summed E-state index contributed by atoms with van der Waals surface area (Å²) in [5.41, 5.74) is 0. The number of ether oxygens (including phenoxy) is 1. The average molecular weight is 327 g/mol. The van der Waals surface area contributed by atoms with Crippen molar-refractivity contribution in [2.75, 3.05) is 13.2 Å². The summed E-state index contributed by atoms with van der Waals surface area (Å²) >= 11 is 0. The van der Waals surface area contributed by atoms with Crippen LogP contribution in [0.1, 0.15) is 46.0 Å². The van der Waals surface area contributed by atoms with E-state index in [1.807, 2.05) is 13.8 Å². The molecule has 0 aromatic heterocycles. The Morgan fingerprint density at radius 2 is 1.96 bits per heavy atom. The van der Waals surface area contributed by atoms with E-state index < -0.39 is 6.10 Å². The highest BCUT2D eigenvalue weighted by molar-refractivity contribution is 5.80. The summed E-state index contributed by atoms with van der Waals surface area (Å²) in [6.45, 7) is 4.26. The van der Waals surface area contributed by atoms with Crippen LogP contribution in [0, 0.1) is 5.92 Å². The van der Waals surface area contributed by atoms with Gasteiger partial charge < -0.3 is 25.8 Å². The second-order valence-electron chi connectivity index (χ2n) is 6.79. The Hall–Kier alpha value is -1.34. The van der Waals surface area contributed by atoms with Crippen LogP contribution in [0.25, 0.3) is 0 Å². The summed E-state index contributed by atoms with van der Waals surface area (Å²) in [6.07, 6.45) is 3.93. The number of amides is 3. The van der Waals surface area contributed by atoms with Crippen LogP contribution in [0.4, 0.5) is 4.79 Å². The van der Waals surface area contributed by atoms with Crippen LogP contribution < -0.4 is 16.0 Å². The monoisotopic (exact) mass is 327 g/mol. The van der Waals surface area contributed by atoms with E-state index in [0.717, 1.165) is 32.1 Å². The molecular formula is C16H29N3O4. The average Bonchev–Trinajstić information content (AvgIpc) is 3.32. The molecule has 0 aromatic rings. The quantitative estimate of drug-likeness (QED) is 0.548. The van der Waals surface area contributed by atoms with Gasteiger partial charge in [-0.3, -0.25) is 4.79 Å². The van der Waals surface area contributed by atoms with Gasteiger partial charge in [0.15, 0.2) is 0 Å². The SMILES string of the molecule is CC(C)NC(=O)N[C@@H]1CC[C@@H](CCNC(=O)C2CC2)O[C@@H]1CO. The molecule has 4 N–H and O–H groups in total. The number of hydrogen-bond donors (Lipinski definition) is 4. The van der Waals surface area contributed by atoms with Crippen LogP contribution in [0.15, 0.2) is 0 Å². The Labute approximate surface area is 137 Å². The molecule has 2 aliphatic rings. The number of urea groups is 1. The van der Waals surface area contributed by atoms with E-state index in [9.17, 15) is 14.7 Å². The van der Waals surface area contributed by atoms with Gasteiger partial charge in [-0.05, 0) is 46.0 Å². The molecule has 1 aliphatic carbocycles. The Balaban J connectivity index is 1.69. The van der Waals surface area contributed by atoms with Crippen molar-refractivity contribution in [3.05, 3.63) is 0 Å². The molecule has 1 heterocycles. The molecule has 0 aromatic carbocycles. The van der Waals surface area contributed by atoms with Crippen LogP contribution in [-0.2, 0) is 9.53 Å². The van der Waals surface area contributed by atoms with Crippen molar-refractivity contribution in [2.24, 2.45) is 5.92 Å². The first-order chi connectivity index (χ1) is 11.0. The predicted molar refractivity (Wildman–Crippen MR) is 85.9 cm³/mol. The molecule has 7 heteroatoms. The van der Waals surface area contributed by atoms with Gasteiger partial charge in [-0.25, -0.2) is 4.79 Å². The van der Waals surface area contributed by atoms with Gasteiger partial charge in [0, 0.05) is 18.5 Å². The molecule has 0 bridgehead atoms. The van der Waals surface area contributed by atoms with Crippen molar-refractivity contribution in [2.45, 2.75) is 70.2 Å². The van der Waals surface area contributed by atoms with Gasteiger partial charge in [-0.2, -0.15) is 0 Å². The predicted octanol–water partition coefficient (Wildman–Crippen LogP) is 0.519. The first-order valence-electron chi connectivity index (χ1n) is 8.60. The van der Waals surface area contributed by atoms with E-state index >= 15 is 0 Å². The third-order valence-corrected chi connectivity index (χ3v) is 4.25. The Bertz CT molecular complexity index is 412. The summed E-state index contributed by atoms with van der Waals surface area (Å²) in [5, 5.41) is 18.1. The maximum atomic E-state index is 11.8. The van der Waals surface area contributed by atoms with Crippen LogP contribution in [-0.4, -0.2) is 54.5 Å². The summed E-state index contributed by atoms with van der Waals surface area (Å²) in [5.74, 6) is 0.366. The van der Waals surface area contributed by atoms with Crippen LogP contribution in [0.5, 0.6) is 0 Å². The normalized spacial score (nSPS) is 27.6. The van der Waals surface area contributed by atoms with E-state index in [-0.39, 0.29) is 42.7 Å². The summed E-state index contributed by atoms with van der Waals surface area (Å²) < 4.78 is 5.87. The molecule has 1 saturated heterocycles. The Morgan fingerprint density at radius 1 is 1.22 bits per heavy atom. The molecule has 1 aliphatic heterocycles. The standard InChI is InChI=1S/C16H29N3O4/c1-10(2)18-16(22)19-13-6-5-12(23-14(13)9-20)7-8-17-15(21)11-3-4-11/h10-14,20H,3-9H2,1-2H3,(H,17,21)(H2,18,19,22)/t12-,13+,14+/m0/s1. The third kappa shape index (κ3) is 5.99. The maximum Gasteiger partial charge on any atom is 0.315 e. The molecule has 2 rings (SSSR count). The lowest BCUT2D eigenvalue weighted by Gasteiger charge is -2.36. The lowest BCUT2D eigenvalue weighted by molar-refractivity contribution is -0.122. The van der Waals surface area contributed by atoms with Crippen molar-refractivity contribution in [1.29, 1.82) is 0 Å². The summed E-state index contributed by atoms with van der Waals surface area (Å²) in [4.78, 5) is 23.4.